The van der Waals surface area contributed by atoms with Crippen LogP contribution in [-0.4, -0.2) is 130 Å². The zero-order valence-electron chi connectivity index (χ0n) is 31.9. The van der Waals surface area contributed by atoms with Crippen molar-refractivity contribution in [3.05, 3.63) is 42.5 Å². The molecule has 7 atom stereocenters. The Labute approximate surface area is 340 Å². The molecule has 60 heavy (non-hydrogen) atoms. The quantitative estimate of drug-likeness (QED) is 0.0460. The highest BCUT2D eigenvalue weighted by Gasteiger charge is 2.50. The number of nitrogens with zero attached hydrogens (tertiary/aromatic N) is 4. The van der Waals surface area contributed by atoms with Gasteiger partial charge >= 0.3 is 23.5 Å². The molecule has 0 aliphatic carbocycles. The van der Waals surface area contributed by atoms with Crippen molar-refractivity contribution >= 4 is 64.1 Å². The lowest BCUT2D eigenvalue weighted by Gasteiger charge is -2.30. The number of benzene rings is 1. The highest BCUT2D eigenvalue weighted by molar-refractivity contribution is 7.61. The van der Waals surface area contributed by atoms with Gasteiger partial charge in [-0.3, -0.25) is 32.5 Å². The molecule has 1 fully saturated rings. The average Bonchev–Trinajstić information content (AvgIpc) is 3.72. The molecule has 0 radical (unpaired) electrons. The van der Waals surface area contributed by atoms with Crippen LogP contribution in [0.2, 0.25) is 0 Å². The number of ether oxygens (including phenoxy) is 2. The van der Waals surface area contributed by atoms with Crippen LogP contribution in [0.25, 0.3) is 17.2 Å². The Hall–Kier alpha value is -4.23. The Morgan fingerprint density at radius 2 is 1.72 bits per heavy atom. The number of amides is 2. The van der Waals surface area contributed by atoms with Crippen LogP contribution >= 0.6 is 23.5 Å². The predicted octanol–water partition coefficient (Wildman–Crippen LogP) is -0.208. The lowest BCUT2D eigenvalue weighted by molar-refractivity contribution is -0.137. The third-order valence-corrected chi connectivity index (χ3v) is 11.5. The van der Waals surface area contributed by atoms with Crippen LogP contribution in [0.4, 0.5) is 5.82 Å². The van der Waals surface area contributed by atoms with Crippen molar-refractivity contribution in [2.45, 2.75) is 57.3 Å². The zero-order chi connectivity index (χ0) is 44.6. The molecular weight excluding hydrogens is 867 g/mol. The number of aliphatic hydroxyl groups excluding tert-OH is 2. The molecule has 2 aromatic heterocycles. The zero-order valence-corrected chi connectivity index (χ0v) is 34.6. The van der Waals surface area contributed by atoms with E-state index in [2.05, 4.69) is 34.4 Å². The van der Waals surface area contributed by atoms with Crippen molar-refractivity contribution < 1.29 is 90.3 Å². The Morgan fingerprint density at radius 3 is 2.40 bits per heavy atom. The van der Waals surface area contributed by atoms with E-state index in [0.717, 1.165) is 17.2 Å². The van der Waals surface area contributed by atoms with Crippen molar-refractivity contribution in [2.75, 3.05) is 39.1 Å². The Morgan fingerprint density at radius 1 is 1.03 bits per heavy atom. The summed E-state index contributed by atoms with van der Waals surface area (Å²) in [5, 5.41) is 36.0. The number of anilines is 1. The number of phenols is 1. The minimum absolute atomic E-state index is 0.0171. The summed E-state index contributed by atoms with van der Waals surface area (Å²) < 4.78 is 67.2. The maximum atomic E-state index is 12.7. The molecule has 2 amide bonds. The number of nitrogen functional groups attached to an aromatic ring is 1. The molecule has 1 saturated heterocycles. The monoisotopic (exact) mass is 911 g/mol. The van der Waals surface area contributed by atoms with E-state index in [9.17, 15) is 63.0 Å². The third-order valence-electron chi connectivity index (χ3n) is 8.44. The molecule has 0 spiro atoms. The first-order chi connectivity index (χ1) is 27.9. The van der Waals surface area contributed by atoms with E-state index in [1.807, 2.05) is 0 Å². The van der Waals surface area contributed by atoms with Gasteiger partial charge in [0.15, 0.2) is 35.0 Å². The second-order valence-corrected chi connectivity index (χ2v) is 17.8. The van der Waals surface area contributed by atoms with E-state index in [1.165, 1.54) is 45.2 Å². The van der Waals surface area contributed by atoms with E-state index in [-0.39, 0.29) is 60.2 Å². The van der Waals surface area contributed by atoms with Gasteiger partial charge in [-0.25, -0.2) is 28.6 Å². The van der Waals surface area contributed by atoms with Crippen molar-refractivity contribution in [1.29, 1.82) is 0 Å². The number of aliphatic hydroxyl groups is 2. The summed E-state index contributed by atoms with van der Waals surface area (Å²) in [7, 11) is -15.1. The summed E-state index contributed by atoms with van der Waals surface area (Å²) >= 11 is 0. The number of allylic oxidation sites excluding steroid dienone is 1. The summed E-state index contributed by atoms with van der Waals surface area (Å²) in [4.78, 5) is 88.0. The molecule has 3 aromatic rings. The summed E-state index contributed by atoms with van der Waals surface area (Å²) in [5.74, 6) is -1.74. The fourth-order valence-electron chi connectivity index (χ4n) is 5.34. The molecular formula is C31H44N7O19P3. The number of aromatic nitrogens is 4. The number of nitrogens with two attached hydrogens (primary N) is 1. The summed E-state index contributed by atoms with van der Waals surface area (Å²) in [6.45, 7) is 0.123. The summed E-state index contributed by atoms with van der Waals surface area (Å²) in [6.07, 6.45) is -4.34. The van der Waals surface area contributed by atoms with E-state index in [4.69, 9.17) is 24.3 Å². The van der Waals surface area contributed by atoms with E-state index in [1.54, 1.807) is 6.07 Å². The van der Waals surface area contributed by atoms with Gasteiger partial charge < -0.3 is 60.7 Å². The highest BCUT2D eigenvalue weighted by atomic mass is 31.3. The number of nitrogens with one attached hydrogen (secondary N) is 2. The summed E-state index contributed by atoms with van der Waals surface area (Å²) in [5.41, 5.74) is 4.81. The smallest absolute Gasteiger partial charge is 0.481 e. The molecule has 0 saturated carbocycles. The second kappa shape index (κ2) is 20.1. The number of phenolic OH excluding ortho intramolecular Hbond substituents is 1. The van der Waals surface area contributed by atoms with Crippen LogP contribution in [0.5, 0.6) is 11.5 Å². The number of hydrogen-bond acceptors (Lipinski definition) is 19. The topological polar surface area (TPSA) is 393 Å². The molecule has 11 N–H and O–H groups in total. The van der Waals surface area contributed by atoms with Gasteiger partial charge in [0.2, 0.25) is 11.8 Å². The first-order valence-electron chi connectivity index (χ1n) is 17.4. The van der Waals surface area contributed by atoms with Crippen molar-refractivity contribution in [3.63, 3.8) is 0 Å². The molecule has 1 aromatic carbocycles. The molecule has 4 rings (SSSR count). The maximum absolute atomic E-state index is 12.7. The van der Waals surface area contributed by atoms with Gasteiger partial charge in [0.1, 0.15) is 36.3 Å². The number of ketones is 1. The number of phosphoric acid groups is 3. The van der Waals surface area contributed by atoms with Crippen LogP contribution < -0.4 is 21.1 Å². The Balaban J connectivity index is 1.22. The number of methoxy groups -OCH3 is 1. The minimum atomic E-state index is -5.59. The average molecular weight is 912 g/mol. The van der Waals surface area contributed by atoms with Gasteiger partial charge in [0.25, 0.3) is 0 Å². The number of aromatic hydroxyl groups is 1. The SMILES string of the molecule is COc1cc(C=CC(=O)CCNC(=O)CCNC(=O)C(O)C(C)(C)COP(=O)(O)OP(=O)(O)OCC2OC(n3cnc4c(N)ncnc43)C(O)C2OP(=O)(O)O)ccc1O. The minimum Gasteiger partial charge on any atom is -0.504 e. The molecule has 7 unspecified atom stereocenters. The Bertz CT molecular complexity index is 2200. The number of hydrogen-bond donors (Lipinski definition) is 10. The number of carbonyl (C=O) groups is 3. The molecule has 1 aliphatic heterocycles. The van der Waals surface area contributed by atoms with E-state index < -0.39 is 84.6 Å². The maximum Gasteiger partial charge on any atom is 0.481 e. The van der Waals surface area contributed by atoms with Crippen LogP contribution in [0.3, 0.4) is 0 Å². The lowest BCUT2D eigenvalue weighted by atomic mass is 9.87. The van der Waals surface area contributed by atoms with Gasteiger partial charge in [-0.2, -0.15) is 4.31 Å². The van der Waals surface area contributed by atoms with E-state index >= 15 is 0 Å². The first-order valence-corrected chi connectivity index (χ1v) is 21.9. The van der Waals surface area contributed by atoms with Crippen LogP contribution in [0.1, 0.15) is 38.5 Å². The fraction of sp³-hybridized carbons (Fsp3) is 0.484. The highest BCUT2D eigenvalue weighted by Crippen LogP contribution is 2.61. The van der Waals surface area contributed by atoms with Gasteiger partial charge in [-0.05, 0) is 23.8 Å². The largest absolute Gasteiger partial charge is 0.504 e. The van der Waals surface area contributed by atoms with Crippen molar-refractivity contribution in [3.8, 4) is 11.5 Å². The number of carbonyl (C=O) groups excluding carboxylic acids is 3. The van der Waals surface area contributed by atoms with Gasteiger partial charge in [0.05, 0.1) is 26.7 Å². The standard InChI is InChI=1S/C31H44N7O19P3/c1-31(2,26(43)29(44)34-11-9-22(41)33-10-8-18(39)6-4-17-5-7-19(40)20(12-17)52-3)14-54-60(50,51)57-59(48,49)53-13-21-25(56-58(45,46)47)24(42)30(55-21)38-16-37-23-27(32)35-15-36-28(23)38/h4-7,12,15-16,21,24-26,30,40,42-43H,8-11,13-14H2,1-3H3,(H,33,41)(H,34,44)(H,48,49)(H,50,51)(H2,32,35,36)(H2,45,46,47). The first kappa shape index (κ1) is 48.4. The molecule has 1 aliphatic rings. The van der Waals surface area contributed by atoms with Gasteiger partial charge in [0, 0.05) is 31.3 Å². The number of rotatable bonds is 22. The van der Waals surface area contributed by atoms with Gasteiger partial charge in [-0.1, -0.05) is 26.0 Å². The van der Waals surface area contributed by atoms with Crippen LogP contribution in [-0.2, 0) is 50.7 Å². The summed E-state index contributed by atoms with van der Waals surface area (Å²) in [6, 6.07) is 4.50. The normalized spacial score (nSPS) is 21.0. The number of phosphoric ester groups is 3. The fourth-order valence-corrected chi connectivity index (χ4v) is 8.16. The lowest BCUT2D eigenvalue weighted by Crippen LogP contribution is -2.46. The Kier molecular flexibility index (Phi) is 16.2. The predicted molar refractivity (Wildman–Crippen MR) is 203 cm³/mol. The molecule has 0 bridgehead atoms. The molecule has 332 valence electrons. The molecule has 29 heteroatoms. The van der Waals surface area contributed by atoms with Crippen molar-refractivity contribution in [2.24, 2.45) is 5.41 Å². The second-order valence-electron chi connectivity index (χ2n) is 13.6. The molecule has 3 heterocycles. The van der Waals surface area contributed by atoms with Gasteiger partial charge in [-0.15, -0.1) is 0 Å². The van der Waals surface area contributed by atoms with Crippen LogP contribution in [0, 0.1) is 5.41 Å². The number of imidazole rings is 1. The van der Waals surface area contributed by atoms with Crippen molar-refractivity contribution in [1.82, 2.24) is 30.2 Å². The van der Waals surface area contributed by atoms with E-state index in [0.29, 0.717) is 5.56 Å². The third kappa shape index (κ3) is 13.6. The number of fused-ring (bicyclic) bond motifs is 1. The molecule has 26 nitrogen and oxygen atoms in total. The van der Waals surface area contributed by atoms with Crippen LogP contribution in [0.15, 0.2) is 36.9 Å².